The number of nitrogens with two attached hydrogens (primary N) is 1. The molecule has 2 rings (SSSR count). The van der Waals surface area contributed by atoms with Gasteiger partial charge in [0.05, 0.1) is 12.4 Å². The Morgan fingerprint density at radius 3 is 3.00 bits per heavy atom. The number of aromatic nitrogens is 2. The summed E-state index contributed by atoms with van der Waals surface area (Å²) in [4.78, 5) is 0. The SMILES string of the molecule is CCCn1cc(Oc2cc(Br)ccc2CCN)cn1. The van der Waals surface area contributed by atoms with Crippen molar-refractivity contribution in [3.05, 3.63) is 40.6 Å². The Bertz CT molecular complexity index is 539. The Hall–Kier alpha value is -1.33. The lowest BCUT2D eigenvalue weighted by atomic mass is 10.1. The molecule has 0 fully saturated rings. The van der Waals surface area contributed by atoms with Gasteiger partial charge >= 0.3 is 0 Å². The average molecular weight is 324 g/mol. The molecule has 1 heterocycles. The Kier molecular flexibility index (Phi) is 4.99. The Labute approximate surface area is 121 Å². The molecule has 1 aromatic heterocycles. The van der Waals surface area contributed by atoms with E-state index in [1.165, 1.54) is 0 Å². The van der Waals surface area contributed by atoms with Gasteiger partial charge in [-0.05, 0) is 37.1 Å². The third kappa shape index (κ3) is 3.81. The first-order valence-electron chi connectivity index (χ1n) is 6.41. The van der Waals surface area contributed by atoms with E-state index in [0.29, 0.717) is 6.54 Å². The summed E-state index contributed by atoms with van der Waals surface area (Å²) in [6.45, 7) is 3.63. The highest BCUT2D eigenvalue weighted by molar-refractivity contribution is 9.10. The fraction of sp³-hybridized carbons (Fsp3) is 0.357. The van der Waals surface area contributed by atoms with Gasteiger partial charge in [-0.2, -0.15) is 5.10 Å². The Balaban J connectivity index is 2.18. The number of hydrogen-bond acceptors (Lipinski definition) is 3. The zero-order valence-corrected chi connectivity index (χ0v) is 12.6. The Morgan fingerprint density at radius 2 is 2.26 bits per heavy atom. The smallest absolute Gasteiger partial charge is 0.165 e. The molecule has 0 atom stereocenters. The van der Waals surface area contributed by atoms with Crippen molar-refractivity contribution < 1.29 is 4.74 Å². The zero-order chi connectivity index (χ0) is 13.7. The number of halogens is 1. The minimum atomic E-state index is 0.604. The second kappa shape index (κ2) is 6.73. The summed E-state index contributed by atoms with van der Waals surface area (Å²) in [5.74, 6) is 1.58. The van der Waals surface area contributed by atoms with E-state index in [-0.39, 0.29) is 0 Å². The molecule has 0 unspecified atom stereocenters. The van der Waals surface area contributed by atoms with Crippen LogP contribution in [0.5, 0.6) is 11.5 Å². The van der Waals surface area contributed by atoms with Gasteiger partial charge < -0.3 is 10.5 Å². The highest BCUT2D eigenvalue weighted by Gasteiger charge is 2.07. The first kappa shape index (κ1) is 14.1. The molecule has 0 bridgehead atoms. The van der Waals surface area contributed by atoms with Gasteiger partial charge in [0.25, 0.3) is 0 Å². The molecule has 0 aliphatic carbocycles. The topological polar surface area (TPSA) is 53.1 Å². The fourth-order valence-electron chi connectivity index (χ4n) is 1.86. The molecule has 0 radical (unpaired) electrons. The van der Waals surface area contributed by atoms with Gasteiger partial charge in [-0.1, -0.05) is 28.9 Å². The molecule has 0 aliphatic heterocycles. The minimum Gasteiger partial charge on any atom is -0.454 e. The van der Waals surface area contributed by atoms with E-state index in [1.807, 2.05) is 29.1 Å². The van der Waals surface area contributed by atoms with E-state index in [1.54, 1.807) is 6.20 Å². The molecule has 2 aromatic rings. The first-order valence-corrected chi connectivity index (χ1v) is 7.21. The average Bonchev–Trinajstić information content (AvgIpc) is 2.81. The maximum absolute atomic E-state index is 5.90. The standard InChI is InChI=1S/C14H18BrN3O/c1-2-7-18-10-13(9-17-18)19-14-8-12(15)4-3-11(14)5-6-16/h3-4,8-10H,2,5-7,16H2,1H3. The second-order valence-corrected chi connectivity index (χ2v) is 5.25. The number of hydrogen-bond donors (Lipinski definition) is 1. The molecular weight excluding hydrogens is 306 g/mol. The van der Waals surface area contributed by atoms with Gasteiger partial charge in [-0.15, -0.1) is 0 Å². The van der Waals surface area contributed by atoms with Gasteiger partial charge in [0, 0.05) is 11.0 Å². The van der Waals surface area contributed by atoms with Crippen molar-refractivity contribution in [1.29, 1.82) is 0 Å². The fourth-order valence-corrected chi connectivity index (χ4v) is 2.20. The normalized spacial score (nSPS) is 10.7. The first-order chi connectivity index (χ1) is 9.22. The molecule has 19 heavy (non-hydrogen) atoms. The molecular formula is C14H18BrN3O. The van der Waals surface area contributed by atoms with Crippen molar-refractivity contribution in [2.24, 2.45) is 5.73 Å². The molecule has 102 valence electrons. The van der Waals surface area contributed by atoms with Crippen molar-refractivity contribution in [3.8, 4) is 11.5 Å². The number of ether oxygens (including phenoxy) is 1. The van der Waals surface area contributed by atoms with Crippen LogP contribution in [-0.2, 0) is 13.0 Å². The van der Waals surface area contributed by atoms with Crippen LogP contribution >= 0.6 is 15.9 Å². The predicted molar refractivity (Wildman–Crippen MR) is 79.5 cm³/mol. The number of rotatable bonds is 6. The third-order valence-corrected chi connectivity index (χ3v) is 3.23. The second-order valence-electron chi connectivity index (χ2n) is 4.33. The van der Waals surface area contributed by atoms with Crippen molar-refractivity contribution in [3.63, 3.8) is 0 Å². The lowest BCUT2D eigenvalue weighted by molar-refractivity contribution is 0.474. The van der Waals surface area contributed by atoms with Crippen molar-refractivity contribution in [1.82, 2.24) is 9.78 Å². The highest BCUT2D eigenvalue weighted by atomic mass is 79.9. The number of nitrogens with zero attached hydrogens (tertiary/aromatic N) is 2. The van der Waals surface area contributed by atoms with E-state index in [2.05, 4.69) is 28.0 Å². The van der Waals surface area contributed by atoms with Gasteiger partial charge in [0.15, 0.2) is 5.75 Å². The molecule has 2 N–H and O–H groups in total. The van der Waals surface area contributed by atoms with Crippen molar-refractivity contribution >= 4 is 15.9 Å². The predicted octanol–water partition coefficient (Wildman–Crippen LogP) is 3.35. The minimum absolute atomic E-state index is 0.604. The summed E-state index contributed by atoms with van der Waals surface area (Å²) >= 11 is 3.46. The summed E-state index contributed by atoms with van der Waals surface area (Å²) < 4.78 is 8.78. The monoisotopic (exact) mass is 323 g/mol. The Morgan fingerprint density at radius 1 is 1.42 bits per heavy atom. The van der Waals surface area contributed by atoms with Crippen LogP contribution < -0.4 is 10.5 Å². The quantitative estimate of drug-likeness (QED) is 0.886. The van der Waals surface area contributed by atoms with Crippen LogP contribution in [0.1, 0.15) is 18.9 Å². The van der Waals surface area contributed by atoms with Gasteiger partial charge in [0.1, 0.15) is 5.75 Å². The summed E-state index contributed by atoms with van der Waals surface area (Å²) in [5, 5.41) is 4.26. The van der Waals surface area contributed by atoms with Crippen molar-refractivity contribution in [2.45, 2.75) is 26.3 Å². The zero-order valence-electron chi connectivity index (χ0n) is 11.0. The molecule has 4 nitrogen and oxygen atoms in total. The summed E-state index contributed by atoms with van der Waals surface area (Å²) in [6, 6.07) is 5.99. The molecule has 1 aromatic carbocycles. The van der Waals surface area contributed by atoms with Gasteiger partial charge in [0.2, 0.25) is 0 Å². The van der Waals surface area contributed by atoms with Crippen LogP contribution in [-0.4, -0.2) is 16.3 Å². The maximum atomic E-state index is 5.90. The van der Waals surface area contributed by atoms with Crippen LogP contribution in [0, 0.1) is 0 Å². The molecule has 0 aliphatic rings. The molecule has 0 saturated heterocycles. The molecule has 0 amide bonds. The van der Waals surface area contributed by atoms with Crippen LogP contribution in [0.15, 0.2) is 35.1 Å². The van der Waals surface area contributed by atoms with Crippen molar-refractivity contribution in [2.75, 3.05) is 6.54 Å². The van der Waals surface area contributed by atoms with E-state index in [4.69, 9.17) is 10.5 Å². The highest BCUT2D eigenvalue weighted by Crippen LogP contribution is 2.28. The van der Waals surface area contributed by atoms with E-state index in [0.717, 1.165) is 40.9 Å². The van der Waals surface area contributed by atoms with Gasteiger partial charge in [-0.3, -0.25) is 4.68 Å². The third-order valence-electron chi connectivity index (χ3n) is 2.73. The van der Waals surface area contributed by atoms with E-state index in [9.17, 15) is 0 Å². The van der Waals surface area contributed by atoms with Crippen LogP contribution in [0.4, 0.5) is 0 Å². The van der Waals surface area contributed by atoms with Crippen LogP contribution in [0.2, 0.25) is 0 Å². The largest absolute Gasteiger partial charge is 0.454 e. The van der Waals surface area contributed by atoms with Crippen LogP contribution in [0.25, 0.3) is 0 Å². The number of benzene rings is 1. The van der Waals surface area contributed by atoms with Gasteiger partial charge in [-0.25, -0.2) is 0 Å². The lowest BCUT2D eigenvalue weighted by Gasteiger charge is -2.09. The van der Waals surface area contributed by atoms with Crippen LogP contribution in [0.3, 0.4) is 0 Å². The molecule has 5 heteroatoms. The maximum Gasteiger partial charge on any atom is 0.165 e. The lowest BCUT2D eigenvalue weighted by Crippen LogP contribution is -2.04. The summed E-state index contributed by atoms with van der Waals surface area (Å²) in [5.41, 5.74) is 6.73. The molecule has 0 spiro atoms. The van der Waals surface area contributed by atoms with E-state index >= 15 is 0 Å². The summed E-state index contributed by atoms with van der Waals surface area (Å²) in [6.07, 6.45) is 5.50. The number of aryl methyl sites for hydroxylation is 1. The molecule has 0 saturated carbocycles. The van der Waals surface area contributed by atoms with E-state index < -0.39 is 0 Å². The summed E-state index contributed by atoms with van der Waals surface area (Å²) in [7, 11) is 0.